The van der Waals surface area contributed by atoms with Crippen molar-refractivity contribution >= 4 is 11.7 Å². The first-order valence-corrected chi connectivity index (χ1v) is 8.34. The van der Waals surface area contributed by atoms with Crippen molar-refractivity contribution in [1.82, 2.24) is 4.90 Å². The van der Waals surface area contributed by atoms with Crippen LogP contribution in [-0.4, -0.2) is 35.8 Å². The van der Waals surface area contributed by atoms with Gasteiger partial charge in [-0.05, 0) is 63.8 Å². The van der Waals surface area contributed by atoms with E-state index in [4.69, 9.17) is 9.47 Å². The van der Waals surface area contributed by atoms with E-state index in [1.807, 2.05) is 25.7 Å². The minimum absolute atomic E-state index is 0.00146. The van der Waals surface area contributed by atoms with Crippen molar-refractivity contribution in [3.63, 3.8) is 0 Å². The predicted molar refractivity (Wildman–Crippen MR) is 90.4 cm³/mol. The molecule has 24 heavy (non-hydrogen) atoms. The quantitative estimate of drug-likeness (QED) is 0.806. The Labute approximate surface area is 142 Å². The van der Waals surface area contributed by atoms with E-state index in [9.17, 15) is 9.18 Å². The lowest BCUT2D eigenvalue weighted by Crippen LogP contribution is -2.45. The number of methoxy groups -OCH3 is 1. The summed E-state index contributed by atoms with van der Waals surface area (Å²) in [7, 11) is 1.59. The summed E-state index contributed by atoms with van der Waals surface area (Å²) >= 11 is 0. The van der Waals surface area contributed by atoms with Crippen molar-refractivity contribution in [2.45, 2.75) is 57.7 Å². The molecule has 2 aliphatic rings. The van der Waals surface area contributed by atoms with E-state index >= 15 is 0 Å². The van der Waals surface area contributed by atoms with Crippen molar-refractivity contribution in [3.05, 3.63) is 35.7 Å². The van der Waals surface area contributed by atoms with Crippen LogP contribution >= 0.6 is 0 Å². The van der Waals surface area contributed by atoms with Gasteiger partial charge < -0.3 is 9.47 Å². The van der Waals surface area contributed by atoms with Gasteiger partial charge in [-0.25, -0.2) is 9.18 Å². The van der Waals surface area contributed by atoms with Crippen LogP contribution in [-0.2, 0) is 4.74 Å². The number of amides is 1. The number of fused-ring (bicyclic) bond motifs is 2. The smallest absolute Gasteiger partial charge is 0.411 e. The fourth-order valence-electron chi connectivity index (χ4n) is 3.56. The van der Waals surface area contributed by atoms with Crippen LogP contribution in [0.3, 0.4) is 0 Å². The van der Waals surface area contributed by atoms with Crippen molar-refractivity contribution in [2.24, 2.45) is 0 Å². The third-order valence-corrected chi connectivity index (χ3v) is 4.51. The van der Waals surface area contributed by atoms with E-state index < -0.39 is 5.60 Å². The van der Waals surface area contributed by atoms with Gasteiger partial charge in [0.05, 0.1) is 13.2 Å². The standard InChI is InChI=1S/C19H24FNO3/c1-19(2,3)24-18(22)21-14-6-7-15(21)10-12(9-14)16-11-13(20)5-8-17(16)23-4/h5,8-9,11,14-15H,6-7,10H2,1-4H3. The fourth-order valence-corrected chi connectivity index (χ4v) is 3.56. The van der Waals surface area contributed by atoms with Crippen molar-refractivity contribution in [2.75, 3.05) is 7.11 Å². The molecule has 0 N–H and O–H groups in total. The second kappa shape index (κ2) is 6.11. The lowest BCUT2D eigenvalue weighted by atomic mass is 9.94. The molecule has 0 saturated carbocycles. The van der Waals surface area contributed by atoms with Gasteiger partial charge in [0, 0.05) is 11.6 Å². The summed E-state index contributed by atoms with van der Waals surface area (Å²) in [5, 5.41) is 0. The molecule has 0 spiro atoms. The topological polar surface area (TPSA) is 38.8 Å². The molecule has 1 fully saturated rings. The molecule has 3 rings (SSSR count). The minimum Gasteiger partial charge on any atom is -0.496 e. The number of ether oxygens (including phenoxy) is 2. The van der Waals surface area contributed by atoms with Gasteiger partial charge in [-0.2, -0.15) is 0 Å². The fraction of sp³-hybridized carbons (Fsp3) is 0.526. The van der Waals surface area contributed by atoms with Gasteiger partial charge in [0.1, 0.15) is 17.2 Å². The second-order valence-corrected chi connectivity index (χ2v) is 7.43. The summed E-state index contributed by atoms with van der Waals surface area (Å²) in [4.78, 5) is 14.3. The first kappa shape index (κ1) is 16.8. The molecular weight excluding hydrogens is 309 g/mol. The largest absolute Gasteiger partial charge is 0.496 e. The zero-order valence-electron chi connectivity index (χ0n) is 14.6. The van der Waals surface area contributed by atoms with E-state index in [1.54, 1.807) is 13.2 Å². The van der Waals surface area contributed by atoms with Crippen LogP contribution < -0.4 is 4.74 Å². The Hall–Kier alpha value is -2.04. The molecule has 4 nitrogen and oxygen atoms in total. The first-order valence-electron chi connectivity index (χ1n) is 8.34. The summed E-state index contributed by atoms with van der Waals surface area (Å²) in [5.41, 5.74) is 1.31. The van der Waals surface area contributed by atoms with E-state index in [1.165, 1.54) is 12.1 Å². The highest BCUT2D eigenvalue weighted by Crippen LogP contribution is 2.41. The number of nitrogens with zero attached hydrogens (tertiary/aromatic N) is 1. The number of benzene rings is 1. The number of hydrogen-bond donors (Lipinski definition) is 0. The lowest BCUT2D eigenvalue weighted by molar-refractivity contribution is 0.0175. The maximum absolute atomic E-state index is 13.7. The maximum Gasteiger partial charge on any atom is 0.411 e. The van der Waals surface area contributed by atoms with Gasteiger partial charge in [0.2, 0.25) is 0 Å². The third-order valence-electron chi connectivity index (χ3n) is 4.51. The molecule has 1 saturated heterocycles. The zero-order chi connectivity index (χ0) is 17.5. The average molecular weight is 333 g/mol. The zero-order valence-corrected chi connectivity index (χ0v) is 14.6. The van der Waals surface area contributed by atoms with Gasteiger partial charge >= 0.3 is 6.09 Å². The van der Waals surface area contributed by atoms with E-state index in [0.717, 1.165) is 24.0 Å². The van der Waals surface area contributed by atoms with Crippen LogP contribution in [0, 0.1) is 5.82 Å². The van der Waals surface area contributed by atoms with Crippen molar-refractivity contribution in [3.8, 4) is 5.75 Å². The molecule has 2 heterocycles. The monoisotopic (exact) mass is 333 g/mol. The summed E-state index contributed by atoms with van der Waals surface area (Å²) in [6.07, 6.45) is 4.32. The van der Waals surface area contributed by atoms with Crippen LogP contribution in [0.1, 0.15) is 45.6 Å². The molecule has 5 heteroatoms. The number of carbonyl (C=O) groups excluding carboxylic acids is 1. The SMILES string of the molecule is COc1ccc(F)cc1C1=CC2CCC(C1)N2C(=O)OC(C)(C)C. The molecular formula is C19H24FNO3. The number of halogens is 1. The van der Waals surface area contributed by atoms with Crippen molar-refractivity contribution in [1.29, 1.82) is 0 Å². The van der Waals surface area contributed by atoms with Gasteiger partial charge in [-0.3, -0.25) is 4.90 Å². The summed E-state index contributed by atoms with van der Waals surface area (Å²) in [5.74, 6) is 0.376. The maximum atomic E-state index is 13.7. The average Bonchev–Trinajstić information content (AvgIpc) is 2.76. The van der Waals surface area contributed by atoms with E-state index in [-0.39, 0.29) is 24.0 Å². The molecule has 0 aliphatic carbocycles. The first-order chi connectivity index (χ1) is 11.3. The van der Waals surface area contributed by atoms with Crippen LogP contribution in [0.4, 0.5) is 9.18 Å². The Morgan fingerprint density at radius 2 is 2.04 bits per heavy atom. The second-order valence-electron chi connectivity index (χ2n) is 7.43. The predicted octanol–water partition coefficient (Wildman–Crippen LogP) is 4.39. The number of rotatable bonds is 2. The molecule has 2 bridgehead atoms. The van der Waals surface area contributed by atoms with Gasteiger partial charge in [-0.15, -0.1) is 0 Å². The lowest BCUT2D eigenvalue weighted by Gasteiger charge is -2.35. The van der Waals surface area contributed by atoms with E-state index in [0.29, 0.717) is 12.2 Å². The van der Waals surface area contributed by atoms with Crippen LogP contribution in [0.2, 0.25) is 0 Å². The van der Waals surface area contributed by atoms with Crippen LogP contribution in [0.5, 0.6) is 5.75 Å². The highest BCUT2D eigenvalue weighted by molar-refractivity contribution is 5.77. The molecule has 130 valence electrons. The van der Waals surface area contributed by atoms with Crippen molar-refractivity contribution < 1.29 is 18.7 Å². The molecule has 2 aliphatic heterocycles. The Kier molecular flexibility index (Phi) is 4.28. The summed E-state index contributed by atoms with van der Waals surface area (Å²) in [6.45, 7) is 5.61. The number of carbonyl (C=O) groups is 1. The molecule has 2 unspecified atom stereocenters. The third kappa shape index (κ3) is 3.25. The van der Waals surface area contributed by atoms with Gasteiger partial charge in [-0.1, -0.05) is 6.08 Å². The van der Waals surface area contributed by atoms with Gasteiger partial charge in [0.15, 0.2) is 0 Å². The van der Waals surface area contributed by atoms with Crippen LogP contribution in [0.15, 0.2) is 24.3 Å². The molecule has 1 aromatic rings. The Morgan fingerprint density at radius 1 is 1.29 bits per heavy atom. The van der Waals surface area contributed by atoms with Gasteiger partial charge in [0.25, 0.3) is 0 Å². The Balaban J connectivity index is 1.88. The molecule has 0 aromatic heterocycles. The highest BCUT2D eigenvalue weighted by atomic mass is 19.1. The molecule has 2 atom stereocenters. The summed E-state index contributed by atoms with van der Waals surface area (Å²) < 4.78 is 24.6. The van der Waals surface area contributed by atoms with E-state index in [2.05, 4.69) is 6.08 Å². The Morgan fingerprint density at radius 3 is 2.67 bits per heavy atom. The molecule has 0 radical (unpaired) electrons. The highest BCUT2D eigenvalue weighted by Gasteiger charge is 2.42. The molecule has 1 amide bonds. The normalized spacial score (nSPS) is 23.0. The number of hydrogen-bond acceptors (Lipinski definition) is 3. The Bertz CT molecular complexity index is 678. The summed E-state index contributed by atoms with van der Waals surface area (Å²) in [6, 6.07) is 4.65. The van der Waals surface area contributed by atoms with Crippen LogP contribution in [0.25, 0.3) is 5.57 Å². The molecule has 1 aromatic carbocycles. The minimum atomic E-state index is -0.508.